The first kappa shape index (κ1) is 19.5. The van der Waals surface area contributed by atoms with Gasteiger partial charge in [0, 0.05) is 17.7 Å². The Hall–Kier alpha value is -2.82. The van der Waals surface area contributed by atoms with E-state index in [0.717, 1.165) is 12.8 Å². The molecule has 138 valence electrons. The van der Waals surface area contributed by atoms with Crippen molar-refractivity contribution in [2.24, 2.45) is 0 Å². The van der Waals surface area contributed by atoms with Crippen molar-refractivity contribution in [1.29, 1.82) is 0 Å². The van der Waals surface area contributed by atoms with E-state index in [-0.39, 0.29) is 17.6 Å². The van der Waals surface area contributed by atoms with Crippen LogP contribution in [-0.4, -0.2) is 16.9 Å². The number of nitrogens with one attached hydrogen (secondary N) is 2. The Morgan fingerprint density at radius 2 is 1.58 bits per heavy atom. The Balaban J connectivity index is 1.83. The number of para-hydroxylation sites is 2. The van der Waals surface area contributed by atoms with Crippen LogP contribution in [0.5, 0.6) is 5.75 Å². The fourth-order valence-electron chi connectivity index (χ4n) is 2.59. The van der Waals surface area contributed by atoms with Crippen molar-refractivity contribution in [3.05, 3.63) is 54.1 Å². The number of aromatic hydroxyl groups is 1. The van der Waals surface area contributed by atoms with Crippen molar-refractivity contribution in [3.63, 3.8) is 0 Å². The monoisotopic (exact) mass is 354 g/mol. The van der Waals surface area contributed by atoms with Crippen molar-refractivity contribution in [2.75, 3.05) is 10.6 Å². The number of carbonyl (C=O) groups excluding carboxylic acids is 2. The van der Waals surface area contributed by atoms with Gasteiger partial charge in [-0.15, -0.1) is 0 Å². The fourth-order valence-corrected chi connectivity index (χ4v) is 2.59. The van der Waals surface area contributed by atoms with Crippen LogP contribution >= 0.6 is 0 Å². The lowest BCUT2D eigenvalue weighted by molar-refractivity contribution is -0.116. The zero-order valence-electron chi connectivity index (χ0n) is 15.1. The molecule has 0 aliphatic heterocycles. The Bertz CT molecular complexity index is 726. The van der Waals surface area contributed by atoms with Gasteiger partial charge < -0.3 is 15.7 Å². The first-order valence-electron chi connectivity index (χ1n) is 9.09. The van der Waals surface area contributed by atoms with Crippen LogP contribution in [0.3, 0.4) is 0 Å². The number of anilines is 2. The van der Waals surface area contributed by atoms with Gasteiger partial charge in [0.05, 0.1) is 5.69 Å². The molecule has 26 heavy (non-hydrogen) atoms. The van der Waals surface area contributed by atoms with Crippen LogP contribution < -0.4 is 10.6 Å². The zero-order chi connectivity index (χ0) is 18.8. The summed E-state index contributed by atoms with van der Waals surface area (Å²) in [4.78, 5) is 24.1. The maximum absolute atomic E-state index is 12.2. The summed E-state index contributed by atoms with van der Waals surface area (Å²) in [5.74, 6) is -0.308. The van der Waals surface area contributed by atoms with Crippen molar-refractivity contribution >= 4 is 23.2 Å². The van der Waals surface area contributed by atoms with Crippen LogP contribution in [0.2, 0.25) is 0 Å². The standard InChI is InChI=1S/C21H26N2O3/c1-2-3-4-5-6-11-20(25)22-17-14-12-16(13-15-17)21(26)23-18-9-7-8-10-19(18)24/h7-10,12-15,24H,2-6,11H2,1H3,(H,22,25)(H,23,26). The van der Waals surface area contributed by atoms with E-state index in [0.29, 0.717) is 23.4 Å². The first-order chi connectivity index (χ1) is 12.6. The molecule has 0 atom stereocenters. The van der Waals surface area contributed by atoms with Gasteiger partial charge in [-0.25, -0.2) is 0 Å². The summed E-state index contributed by atoms with van der Waals surface area (Å²) in [6, 6.07) is 13.3. The Labute approximate surface area is 154 Å². The van der Waals surface area contributed by atoms with Crippen molar-refractivity contribution in [3.8, 4) is 5.75 Å². The molecule has 0 aromatic heterocycles. The van der Waals surface area contributed by atoms with E-state index in [9.17, 15) is 14.7 Å². The molecule has 0 spiro atoms. The lowest BCUT2D eigenvalue weighted by Gasteiger charge is -2.08. The minimum absolute atomic E-state index is 0.00657. The highest BCUT2D eigenvalue weighted by Crippen LogP contribution is 2.22. The highest BCUT2D eigenvalue weighted by Gasteiger charge is 2.09. The molecule has 0 saturated heterocycles. The molecular weight excluding hydrogens is 328 g/mol. The Kier molecular flexibility index (Phi) is 7.68. The minimum atomic E-state index is -0.319. The Morgan fingerprint density at radius 1 is 0.885 bits per heavy atom. The van der Waals surface area contributed by atoms with Gasteiger partial charge in [0.25, 0.3) is 5.91 Å². The van der Waals surface area contributed by atoms with Crippen LogP contribution in [0.25, 0.3) is 0 Å². The molecule has 0 fully saturated rings. The van der Waals surface area contributed by atoms with Gasteiger partial charge in [0.2, 0.25) is 5.91 Å². The number of phenolic OH excluding ortho intramolecular Hbond substituents is 1. The fraction of sp³-hybridized carbons (Fsp3) is 0.333. The molecule has 0 unspecified atom stereocenters. The number of hydrogen-bond acceptors (Lipinski definition) is 3. The molecular formula is C21H26N2O3. The van der Waals surface area contributed by atoms with Crippen LogP contribution in [0.1, 0.15) is 55.8 Å². The molecule has 2 aromatic carbocycles. The van der Waals surface area contributed by atoms with Gasteiger partial charge in [0.1, 0.15) is 5.75 Å². The van der Waals surface area contributed by atoms with Crippen molar-refractivity contribution < 1.29 is 14.7 Å². The molecule has 3 N–H and O–H groups in total. The molecule has 5 nitrogen and oxygen atoms in total. The lowest BCUT2D eigenvalue weighted by Crippen LogP contribution is -2.13. The smallest absolute Gasteiger partial charge is 0.255 e. The molecule has 2 rings (SSSR count). The third-order valence-electron chi connectivity index (χ3n) is 4.09. The van der Waals surface area contributed by atoms with Gasteiger partial charge in [-0.05, 0) is 42.8 Å². The quantitative estimate of drug-likeness (QED) is 0.441. The van der Waals surface area contributed by atoms with E-state index in [1.807, 2.05) is 0 Å². The maximum atomic E-state index is 12.2. The second kappa shape index (κ2) is 10.2. The molecule has 0 bridgehead atoms. The minimum Gasteiger partial charge on any atom is -0.506 e. The highest BCUT2D eigenvalue weighted by atomic mass is 16.3. The van der Waals surface area contributed by atoms with E-state index in [1.165, 1.54) is 25.3 Å². The van der Waals surface area contributed by atoms with Crippen LogP contribution in [-0.2, 0) is 4.79 Å². The number of amides is 2. The number of carbonyl (C=O) groups is 2. The van der Waals surface area contributed by atoms with Crippen molar-refractivity contribution in [2.45, 2.75) is 45.4 Å². The Morgan fingerprint density at radius 3 is 2.27 bits per heavy atom. The summed E-state index contributed by atoms with van der Waals surface area (Å²) in [6.07, 6.45) is 6.06. The second-order valence-electron chi connectivity index (χ2n) is 6.26. The van der Waals surface area contributed by atoms with Crippen LogP contribution in [0.4, 0.5) is 11.4 Å². The normalized spacial score (nSPS) is 10.3. The molecule has 0 aliphatic carbocycles. The third kappa shape index (κ3) is 6.24. The predicted molar refractivity (Wildman–Crippen MR) is 105 cm³/mol. The molecule has 2 aromatic rings. The van der Waals surface area contributed by atoms with E-state index in [4.69, 9.17) is 0 Å². The maximum Gasteiger partial charge on any atom is 0.255 e. The van der Waals surface area contributed by atoms with Crippen LogP contribution in [0, 0.1) is 0 Å². The number of phenols is 1. The second-order valence-corrected chi connectivity index (χ2v) is 6.26. The van der Waals surface area contributed by atoms with Gasteiger partial charge in [-0.1, -0.05) is 44.7 Å². The number of rotatable bonds is 9. The third-order valence-corrected chi connectivity index (χ3v) is 4.09. The predicted octanol–water partition coefficient (Wildman–Crippen LogP) is 4.94. The van der Waals surface area contributed by atoms with E-state index in [1.54, 1.807) is 42.5 Å². The molecule has 0 saturated carbocycles. The van der Waals surface area contributed by atoms with Gasteiger partial charge in [0.15, 0.2) is 0 Å². The number of unbranched alkanes of at least 4 members (excludes halogenated alkanes) is 4. The van der Waals surface area contributed by atoms with E-state index >= 15 is 0 Å². The molecule has 5 heteroatoms. The van der Waals surface area contributed by atoms with Gasteiger partial charge in [-0.3, -0.25) is 9.59 Å². The van der Waals surface area contributed by atoms with Crippen molar-refractivity contribution in [1.82, 2.24) is 0 Å². The average molecular weight is 354 g/mol. The summed E-state index contributed by atoms with van der Waals surface area (Å²) in [6.45, 7) is 2.17. The van der Waals surface area contributed by atoms with E-state index in [2.05, 4.69) is 17.6 Å². The molecule has 0 aliphatic rings. The van der Waals surface area contributed by atoms with E-state index < -0.39 is 0 Å². The number of benzene rings is 2. The summed E-state index contributed by atoms with van der Waals surface area (Å²) in [5.41, 5.74) is 1.48. The summed E-state index contributed by atoms with van der Waals surface area (Å²) in [7, 11) is 0. The largest absolute Gasteiger partial charge is 0.506 e. The molecule has 2 amide bonds. The first-order valence-corrected chi connectivity index (χ1v) is 9.09. The number of hydrogen-bond donors (Lipinski definition) is 3. The molecule has 0 radical (unpaired) electrons. The summed E-state index contributed by atoms with van der Waals surface area (Å²) < 4.78 is 0. The van der Waals surface area contributed by atoms with Gasteiger partial charge >= 0.3 is 0 Å². The highest BCUT2D eigenvalue weighted by molar-refractivity contribution is 6.05. The SMILES string of the molecule is CCCCCCCC(=O)Nc1ccc(C(=O)Nc2ccccc2O)cc1. The average Bonchev–Trinajstić information content (AvgIpc) is 2.64. The lowest BCUT2D eigenvalue weighted by atomic mass is 10.1. The van der Waals surface area contributed by atoms with Gasteiger partial charge in [-0.2, -0.15) is 0 Å². The van der Waals surface area contributed by atoms with Crippen LogP contribution in [0.15, 0.2) is 48.5 Å². The summed E-state index contributed by atoms with van der Waals surface area (Å²) in [5, 5.41) is 15.2. The zero-order valence-corrected chi connectivity index (χ0v) is 15.1. The topological polar surface area (TPSA) is 78.4 Å². The molecule has 0 heterocycles. The summed E-state index contributed by atoms with van der Waals surface area (Å²) >= 11 is 0.